The summed E-state index contributed by atoms with van der Waals surface area (Å²) in [6.07, 6.45) is 0.863. The first-order valence-corrected chi connectivity index (χ1v) is 7.62. The Hall–Kier alpha value is -2.42. The SMILES string of the molecule is CCC(=O)CC1c2ccccc2C(=O)N1c1ccc(C)cc1. The number of fused-ring (bicyclic) bond motifs is 1. The van der Waals surface area contributed by atoms with E-state index in [9.17, 15) is 9.59 Å². The van der Waals surface area contributed by atoms with Crippen molar-refractivity contribution in [1.29, 1.82) is 0 Å². The predicted molar refractivity (Wildman–Crippen MR) is 87.1 cm³/mol. The predicted octanol–water partition coefficient (Wildman–Crippen LogP) is 4.07. The van der Waals surface area contributed by atoms with Crippen molar-refractivity contribution in [2.75, 3.05) is 4.90 Å². The molecule has 1 atom stereocenters. The normalized spacial score (nSPS) is 16.7. The van der Waals surface area contributed by atoms with Crippen molar-refractivity contribution in [3.8, 4) is 0 Å². The van der Waals surface area contributed by atoms with Gasteiger partial charge in [-0.3, -0.25) is 9.59 Å². The fourth-order valence-electron chi connectivity index (χ4n) is 2.96. The van der Waals surface area contributed by atoms with Gasteiger partial charge in [0, 0.05) is 24.1 Å². The first kappa shape index (κ1) is 14.5. The van der Waals surface area contributed by atoms with Crippen LogP contribution in [0.1, 0.15) is 47.3 Å². The number of amides is 1. The summed E-state index contributed by atoms with van der Waals surface area (Å²) in [5, 5.41) is 0. The maximum Gasteiger partial charge on any atom is 0.259 e. The van der Waals surface area contributed by atoms with E-state index in [4.69, 9.17) is 0 Å². The van der Waals surface area contributed by atoms with Crippen LogP contribution in [-0.4, -0.2) is 11.7 Å². The lowest BCUT2D eigenvalue weighted by molar-refractivity contribution is -0.119. The molecule has 3 heteroatoms. The third kappa shape index (κ3) is 2.43. The monoisotopic (exact) mass is 293 g/mol. The molecule has 2 aromatic carbocycles. The van der Waals surface area contributed by atoms with E-state index in [-0.39, 0.29) is 17.7 Å². The number of carbonyl (C=O) groups excluding carboxylic acids is 2. The molecule has 112 valence electrons. The molecule has 1 heterocycles. The number of ketones is 1. The van der Waals surface area contributed by atoms with Gasteiger partial charge < -0.3 is 4.90 Å². The van der Waals surface area contributed by atoms with E-state index in [2.05, 4.69) is 0 Å². The van der Waals surface area contributed by atoms with Crippen LogP contribution in [0.15, 0.2) is 48.5 Å². The van der Waals surface area contributed by atoms with Crippen molar-refractivity contribution in [3.05, 3.63) is 65.2 Å². The zero-order chi connectivity index (χ0) is 15.7. The topological polar surface area (TPSA) is 37.4 Å². The van der Waals surface area contributed by atoms with Gasteiger partial charge in [0.1, 0.15) is 5.78 Å². The van der Waals surface area contributed by atoms with Gasteiger partial charge >= 0.3 is 0 Å². The Bertz CT molecular complexity index is 718. The zero-order valence-corrected chi connectivity index (χ0v) is 12.9. The van der Waals surface area contributed by atoms with Gasteiger partial charge in [0.25, 0.3) is 5.91 Å². The molecule has 22 heavy (non-hydrogen) atoms. The summed E-state index contributed by atoms with van der Waals surface area (Å²) in [5.74, 6) is 0.153. The van der Waals surface area contributed by atoms with Gasteiger partial charge in [-0.2, -0.15) is 0 Å². The van der Waals surface area contributed by atoms with Gasteiger partial charge in [-0.1, -0.05) is 42.8 Å². The van der Waals surface area contributed by atoms with E-state index >= 15 is 0 Å². The first-order chi connectivity index (χ1) is 10.6. The van der Waals surface area contributed by atoms with E-state index in [1.165, 1.54) is 0 Å². The highest BCUT2D eigenvalue weighted by Crippen LogP contribution is 2.39. The molecule has 0 saturated carbocycles. The van der Waals surface area contributed by atoms with Crippen LogP contribution in [0, 0.1) is 6.92 Å². The Kier molecular flexibility index (Phi) is 3.80. The second-order valence-corrected chi connectivity index (χ2v) is 5.71. The van der Waals surface area contributed by atoms with E-state index < -0.39 is 0 Å². The molecular formula is C19H19NO2. The van der Waals surface area contributed by atoms with Crippen LogP contribution >= 0.6 is 0 Å². The summed E-state index contributed by atoms with van der Waals surface area (Å²) in [6.45, 7) is 3.88. The van der Waals surface area contributed by atoms with Gasteiger partial charge in [-0.25, -0.2) is 0 Å². The van der Waals surface area contributed by atoms with Crippen LogP contribution in [0.25, 0.3) is 0 Å². The van der Waals surface area contributed by atoms with Crippen LogP contribution in [0.2, 0.25) is 0 Å². The van der Waals surface area contributed by atoms with Gasteiger partial charge in [0.05, 0.1) is 6.04 Å². The fraction of sp³-hybridized carbons (Fsp3) is 0.263. The molecule has 0 fully saturated rings. The summed E-state index contributed by atoms with van der Waals surface area (Å²) in [7, 11) is 0. The zero-order valence-electron chi connectivity index (χ0n) is 12.9. The van der Waals surface area contributed by atoms with Crippen molar-refractivity contribution >= 4 is 17.4 Å². The molecule has 0 N–H and O–H groups in total. The minimum atomic E-state index is -0.196. The number of rotatable bonds is 4. The van der Waals surface area contributed by atoms with Crippen LogP contribution in [-0.2, 0) is 4.79 Å². The van der Waals surface area contributed by atoms with Gasteiger partial charge in [0.2, 0.25) is 0 Å². The van der Waals surface area contributed by atoms with E-state index in [0.717, 1.165) is 16.8 Å². The largest absolute Gasteiger partial charge is 0.300 e. The average molecular weight is 293 g/mol. The minimum absolute atomic E-state index is 0.0200. The molecule has 1 aliphatic heterocycles. The second kappa shape index (κ2) is 5.76. The molecule has 0 saturated heterocycles. The van der Waals surface area contributed by atoms with Crippen molar-refractivity contribution < 1.29 is 9.59 Å². The van der Waals surface area contributed by atoms with Crippen LogP contribution in [0.4, 0.5) is 5.69 Å². The number of hydrogen-bond donors (Lipinski definition) is 0. The van der Waals surface area contributed by atoms with Crippen LogP contribution in [0.3, 0.4) is 0 Å². The number of benzene rings is 2. The number of aryl methyl sites for hydroxylation is 1. The lowest BCUT2D eigenvalue weighted by atomic mass is 9.99. The standard InChI is InChI=1S/C19H19NO2/c1-3-15(21)12-18-16-6-4-5-7-17(16)19(22)20(18)14-10-8-13(2)9-11-14/h4-11,18H,3,12H2,1-2H3. The first-order valence-electron chi connectivity index (χ1n) is 7.62. The van der Waals surface area contributed by atoms with Crippen molar-refractivity contribution in [2.45, 2.75) is 32.7 Å². The number of Topliss-reactive ketones (excluding diaryl/α,β-unsaturated/α-hetero) is 1. The summed E-state index contributed by atoms with van der Waals surface area (Å²) in [4.78, 5) is 26.5. The highest BCUT2D eigenvalue weighted by molar-refractivity contribution is 6.11. The highest BCUT2D eigenvalue weighted by atomic mass is 16.2. The number of nitrogens with zero attached hydrogens (tertiary/aromatic N) is 1. The second-order valence-electron chi connectivity index (χ2n) is 5.71. The lowest BCUT2D eigenvalue weighted by Crippen LogP contribution is -2.29. The van der Waals surface area contributed by atoms with Crippen molar-refractivity contribution in [3.63, 3.8) is 0 Å². The molecule has 1 unspecified atom stereocenters. The molecule has 3 rings (SSSR count). The minimum Gasteiger partial charge on any atom is -0.300 e. The molecule has 3 nitrogen and oxygen atoms in total. The summed E-state index contributed by atoms with van der Waals surface area (Å²) in [6, 6.07) is 15.3. The summed E-state index contributed by atoms with van der Waals surface area (Å²) in [5.41, 5.74) is 3.65. The van der Waals surface area contributed by atoms with E-state index in [1.807, 2.05) is 62.4 Å². The third-order valence-electron chi connectivity index (χ3n) is 4.21. The molecule has 1 aliphatic rings. The van der Waals surface area contributed by atoms with Gasteiger partial charge in [-0.15, -0.1) is 0 Å². The molecule has 0 aliphatic carbocycles. The number of hydrogen-bond acceptors (Lipinski definition) is 2. The molecule has 0 bridgehead atoms. The van der Waals surface area contributed by atoms with Crippen molar-refractivity contribution in [1.82, 2.24) is 0 Å². The molecule has 2 aromatic rings. The summed E-state index contributed by atoms with van der Waals surface area (Å²) < 4.78 is 0. The Morgan fingerprint density at radius 1 is 1.09 bits per heavy atom. The number of anilines is 1. The van der Waals surface area contributed by atoms with Gasteiger partial charge in [-0.05, 0) is 30.7 Å². The number of carbonyl (C=O) groups is 2. The quantitative estimate of drug-likeness (QED) is 0.852. The maximum absolute atomic E-state index is 12.8. The third-order valence-corrected chi connectivity index (χ3v) is 4.21. The average Bonchev–Trinajstić information content (AvgIpc) is 2.81. The Labute approximate surface area is 130 Å². The van der Waals surface area contributed by atoms with E-state index in [1.54, 1.807) is 4.90 Å². The molecule has 0 spiro atoms. The molecule has 0 aromatic heterocycles. The Morgan fingerprint density at radius 3 is 2.45 bits per heavy atom. The fourth-order valence-corrected chi connectivity index (χ4v) is 2.96. The van der Waals surface area contributed by atoms with Crippen molar-refractivity contribution in [2.24, 2.45) is 0 Å². The lowest BCUT2D eigenvalue weighted by Gasteiger charge is -2.25. The van der Waals surface area contributed by atoms with Crippen LogP contribution < -0.4 is 4.90 Å². The molecule has 0 radical (unpaired) electrons. The van der Waals surface area contributed by atoms with Gasteiger partial charge in [0.15, 0.2) is 0 Å². The van der Waals surface area contributed by atoms with E-state index in [0.29, 0.717) is 18.4 Å². The maximum atomic E-state index is 12.8. The molecule has 1 amide bonds. The smallest absolute Gasteiger partial charge is 0.259 e. The highest BCUT2D eigenvalue weighted by Gasteiger charge is 2.38. The molecular weight excluding hydrogens is 274 g/mol. The summed E-state index contributed by atoms with van der Waals surface area (Å²) >= 11 is 0. The Balaban J connectivity index is 2.05. The Morgan fingerprint density at radius 2 is 1.77 bits per heavy atom. The van der Waals surface area contributed by atoms with Crippen LogP contribution in [0.5, 0.6) is 0 Å².